The summed E-state index contributed by atoms with van der Waals surface area (Å²) in [6.45, 7) is 6.50. The highest BCUT2D eigenvalue weighted by molar-refractivity contribution is 5.71. The quantitative estimate of drug-likeness (QED) is 0.0262. The molecule has 0 aromatic heterocycles. The van der Waals surface area contributed by atoms with Gasteiger partial charge in [-0.25, -0.2) is 0 Å². The van der Waals surface area contributed by atoms with Crippen molar-refractivity contribution in [2.45, 2.75) is 297 Å². The second-order valence-electron chi connectivity index (χ2n) is 19.5. The van der Waals surface area contributed by atoms with Crippen molar-refractivity contribution in [1.82, 2.24) is 0 Å². The monoisotopic (exact) mass is 963 g/mol. The maximum atomic E-state index is 12.9. The van der Waals surface area contributed by atoms with Crippen LogP contribution in [0.15, 0.2) is 72.9 Å². The molecule has 0 aromatic carbocycles. The molecular formula is C63H110O6. The molecule has 0 saturated heterocycles. The standard InChI is InChI=1S/C63H110O6/c1-4-7-10-13-16-19-22-25-27-29-31-33-35-38-41-44-47-50-53-56-62(65)68-59-60(58-67-61(64)55-52-49-46-43-40-37-24-21-18-15-12-9-6-3)69-63(66)57-54-51-48-45-42-39-36-34-32-30-28-26-23-20-17-14-11-8-5-2/h7,10,16,19,21,24-25,27,31,33,38,41,60H,4-6,8-9,11-15,17-18,20,22-23,26,28-30,32,34-37,39-40,42-59H2,1-3H3/b10-7-,19-16-,24-21-,27-25-,33-31-,41-38-/t60-/m1/s1. The summed E-state index contributed by atoms with van der Waals surface area (Å²) in [4.78, 5) is 38.2. The van der Waals surface area contributed by atoms with Crippen LogP contribution in [0.2, 0.25) is 0 Å². The first kappa shape index (κ1) is 65.8. The molecular weight excluding hydrogens is 853 g/mol. The Hall–Kier alpha value is -3.15. The highest BCUT2D eigenvalue weighted by Crippen LogP contribution is 2.16. The van der Waals surface area contributed by atoms with Crippen LogP contribution in [0, 0.1) is 0 Å². The predicted octanol–water partition coefficient (Wildman–Crippen LogP) is 19.8. The molecule has 0 spiro atoms. The van der Waals surface area contributed by atoms with E-state index < -0.39 is 6.10 Å². The summed E-state index contributed by atoms with van der Waals surface area (Å²) < 4.78 is 16.9. The van der Waals surface area contributed by atoms with Crippen molar-refractivity contribution in [3.8, 4) is 0 Å². The topological polar surface area (TPSA) is 78.9 Å². The summed E-state index contributed by atoms with van der Waals surface area (Å²) >= 11 is 0. The summed E-state index contributed by atoms with van der Waals surface area (Å²) in [5.41, 5.74) is 0. The van der Waals surface area contributed by atoms with E-state index in [0.29, 0.717) is 19.3 Å². The van der Waals surface area contributed by atoms with E-state index in [2.05, 4.69) is 93.7 Å². The fourth-order valence-corrected chi connectivity index (χ4v) is 8.29. The van der Waals surface area contributed by atoms with E-state index in [4.69, 9.17) is 14.2 Å². The van der Waals surface area contributed by atoms with Gasteiger partial charge in [-0.3, -0.25) is 14.4 Å². The highest BCUT2D eigenvalue weighted by Gasteiger charge is 2.19. The third-order valence-electron chi connectivity index (χ3n) is 12.7. The van der Waals surface area contributed by atoms with Crippen LogP contribution in [-0.2, 0) is 28.6 Å². The first-order valence-corrected chi connectivity index (χ1v) is 29.4. The molecule has 6 nitrogen and oxygen atoms in total. The normalized spacial score (nSPS) is 12.6. The van der Waals surface area contributed by atoms with Gasteiger partial charge < -0.3 is 14.2 Å². The van der Waals surface area contributed by atoms with E-state index in [1.54, 1.807) is 0 Å². The molecule has 0 saturated carbocycles. The van der Waals surface area contributed by atoms with Gasteiger partial charge in [-0.15, -0.1) is 0 Å². The van der Waals surface area contributed by atoms with Gasteiger partial charge in [0, 0.05) is 19.3 Å². The van der Waals surface area contributed by atoms with E-state index in [0.717, 1.165) is 103 Å². The lowest BCUT2D eigenvalue weighted by atomic mass is 10.0. The van der Waals surface area contributed by atoms with Gasteiger partial charge in [-0.2, -0.15) is 0 Å². The van der Waals surface area contributed by atoms with E-state index in [1.807, 2.05) is 0 Å². The highest BCUT2D eigenvalue weighted by atomic mass is 16.6. The lowest BCUT2D eigenvalue weighted by Crippen LogP contribution is -2.30. The molecule has 0 radical (unpaired) electrons. The Balaban J connectivity index is 4.40. The first-order valence-electron chi connectivity index (χ1n) is 29.4. The number of hydrogen-bond acceptors (Lipinski definition) is 6. The van der Waals surface area contributed by atoms with Gasteiger partial charge in [0.05, 0.1) is 0 Å². The van der Waals surface area contributed by atoms with Crippen LogP contribution in [0.3, 0.4) is 0 Å². The molecule has 0 aromatic rings. The van der Waals surface area contributed by atoms with Gasteiger partial charge in [-0.05, 0) is 89.9 Å². The molecule has 0 aliphatic rings. The zero-order chi connectivity index (χ0) is 50.0. The summed E-state index contributed by atoms with van der Waals surface area (Å²) in [6, 6.07) is 0. The molecule has 1 atom stereocenters. The second kappa shape index (κ2) is 57.4. The number of rotatable bonds is 53. The number of allylic oxidation sites excluding steroid dienone is 12. The fraction of sp³-hybridized carbons (Fsp3) is 0.762. The number of carbonyl (C=O) groups is 3. The minimum Gasteiger partial charge on any atom is -0.462 e. The largest absolute Gasteiger partial charge is 0.462 e. The second-order valence-corrected chi connectivity index (χ2v) is 19.5. The van der Waals surface area contributed by atoms with Gasteiger partial charge in [0.2, 0.25) is 0 Å². The van der Waals surface area contributed by atoms with Crippen LogP contribution in [0.4, 0.5) is 0 Å². The van der Waals surface area contributed by atoms with Crippen LogP contribution in [0.25, 0.3) is 0 Å². The molecule has 0 aliphatic carbocycles. The van der Waals surface area contributed by atoms with Crippen molar-refractivity contribution >= 4 is 17.9 Å². The third kappa shape index (κ3) is 55.6. The average Bonchev–Trinajstić information content (AvgIpc) is 3.35. The maximum Gasteiger partial charge on any atom is 0.306 e. The van der Waals surface area contributed by atoms with Crippen LogP contribution >= 0.6 is 0 Å². The van der Waals surface area contributed by atoms with Crippen LogP contribution in [-0.4, -0.2) is 37.2 Å². The maximum absolute atomic E-state index is 12.9. The van der Waals surface area contributed by atoms with Crippen LogP contribution in [0.5, 0.6) is 0 Å². The molecule has 0 heterocycles. The number of unbranched alkanes of at least 4 members (excludes halogenated alkanes) is 30. The number of ether oxygens (including phenoxy) is 3. The van der Waals surface area contributed by atoms with Gasteiger partial charge in [0.15, 0.2) is 6.10 Å². The summed E-state index contributed by atoms with van der Waals surface area (Å²) in [7, 11) is 0. The number of hydrogen-bond donors (Lipinski definition) is 0. The SMILES string of the molecule is CC/C=C\C/C=C\C/C=C\C/C=C\C/C=C\CCCCCC(=O)OC[C@@H](COC(=O)CCCCCCC/C=C\CCCCCC)OC(=O)CCCCCCCCCCCCCCCCCCCCC. The summed E-state index contributed by atoms with van der Waals surface area (Å²) in [6.07, 6.45) is 73.2. The average molecular weight is 964 g/mol. The molecule has 0 N–H and O–H groups in total. The van der Waals surface area contributed by atoms with Gasteiger partial charge in [0.1, 0.15) is 13.2 Å². The van der Waals surface area contributed by atoms with Crippen LogP contribution < -0.4 is 0 Å². The first-order chi connectivity index (χ1) is 34.0. The Morgan fingerprint density at radius 3 is 0.928 bits per heavy atom. The molecule has 69 heavy (non-hydrogen) atoms. The Morgan fingerprint density at radius 2 is 0.565 bits per heavy atom. The lowest BCUT2D eigenvalue weighted by molar-refractivity contribution is -0.167. The molecule has 398 valence electrons. The van der Waals surface area contributed by atoms with E-state index in [1.165, 1.54) is 148 Å². The molecule has 0 fully saturated rings. The summed E-state index contributed by atoms with van der Waals surface area (Å²) in [5.74, 6) is -0.918. The molecule has 0 bridgehead atoms. The van der Waals surface area contributed by atoms with Crippen molar-refractivity contribution in [1.29, 1.82) is 0 Å². The van der Waals surface area contributed by atoms with Crippen molar-refractivity contribution in [2.24, 2.45) is 0 Å². The summed E-state index contributed by atoms with van der Waals surface area (Å²) in [5, 5.41) is 0. The van der Waals surface area contributed by atoms with Crippen molar-refractivity contribution in [2.75, 3.05) is 13.2 Å². The van der Waals surface area contributed by atoms with E-state index in [-0.39, 0.29) is 31.1 Å². The molecule has 6 heteroatoms. The zero-order valence-corrected chi connectivity index (χ0v) is 45.6. The molecule has 0 aliphatic heterocycles. The van der Waals surface area contributed by atoms with Gasteiger partial charge >= 0.3 is 17.9 Å². The van der Waals surface area contributed by atoms with Crippen molar-refractivity contribution in [3.63, 3.8) is 0 Å². The van der Waals surface area contributed by atoms with E-state index in [9.17, 15) is 14.4 Å². The van der Waals surface area contributed by atoms with Crippen molar-refractivity contribution in [3.05, 3.63) is 72.9 Å². The van der Waals surface area contributed by atoms with Gasteiger partial charge in [-0.1, -0.05) is 254 Å². The minimum atomic E-state index is -0.791. The minimum absolute atomic E-state index is 0.0882. The molecule has 0 rings (SSSR count). The fourth-order valence-electron chi connectivity index (χ4n) is 8.29. The van der Waals surface area contributed by atoms with Crippen molar-refractivity contribution < 1.29 is 28.6 Å². The Bertz CT molecular complexity index is 1290. The smallest absolute Gasteiger partial charge is 0.306 e. The van der Waals surface area contributed by atoms with Crippen LogP contribution in [0.1, 0.15) is 290 Å². The number of carbonyl (C=O) groups excluding carboxylic acids is 3. The predicted molar refractivity (Wildman–Crippen MR) is 298 cm³/mol. The molecule has 0 amide bonds. The van der Waals surface area contributed by atoms with Gasteiger partial charge in [0.25, 0.3) is 0 Å². The Kier molecular flexibility index (Phi) is 54.8. The Labute approximate surface area is 427 Å². The molecule has 0 unspecified atom stereocenters. The lowest BCUT2D eigenvalue weighted by Gasteiger charge is -2.18. The van der Waals surface area contributed by atoms with E-state index >= 15 is 0 Å². The third-order valence-corrected chi connectivity index (χ3v) is 12.7. The number of esters is 3. The zero-order valence-electron chi connectivity index (χ0n) is 45.6. The Morgan fingerprint density at radius 1 is 0.304 bits per heavy atom.